The minimum atomic E-state index is 0.459. The molecule has 0 bridgehead atoms. The Bertz CT molecular complexity index is 338. The van der Waals surface area contributed by atoms with Gasteiger partial charge >= 0.3 is 0 Å². The molecule has 1 aromatic rings. The van der Waals surface area contributed by atoms with Crippen LogP contribution in [0.4, 0.5) is 0 Å². The zero-order valence-electron chi connectivity index (χ0n) is 12.4. The van der Waals surface area contributed by atoms with Crippen LogP contribution in [0, 0.1) is 0 Å². The molecule has 0 saturated carbocycles. The highest BCUT2D eigenvalue weighted by molar-refractivity contribution is 6.30. The van der Waals surface area contributed by atoms with Crippen LogP contribution in [0.15, 0.2) is 24.3 Å². The van der Waals surface area contributed by atoms with Gasteiger partial charge in [-0.2, -0.15) is 0 Å². The Morgan fingerprint density at radius 3 is 2.53 bits per heavy atom. The van der Waals surface area contributed by atoms with Gasteiger partial charge in [-0.25, -0.2) is 0 Å². The molecule has 19 heavy (non-hydrogen) atoms. The van der Waals surface area contributed by atoms with E-state index in [2.05, 4.69) is 37.4 Å². The SMILES string of the molecule is CCCCCCNC(CCCC)c1cccc(Cl)c1. The summed E-state index contributed by atoms with van der Waals surface area (Å²) in [6.07, 6.45) is 8.96. The maximum Gasteiger partial charge on any atom is 0.0409 e. The highest BCUT2D eigenvalue weighted by Crippen LogP contribution is 2.22. The van der Waals surface area contributed by atoms with Crippen molar-refractivity contribution in [3.8, 4) is 0 Å². The molecule has 1 N–H and O–H groups in total. The number of hydrogen-bond donors (Lipinski definition) is 1. The molecule has 1 rings (SSSR count). The van der Waals surface area contributed by atoms with Gasteiger partial charge in [0.2, 0.25) is 0 Å². The Hall–Kier alpha value is -0.530. The lowest BCUT2D eigenvalue weighted by Crippen LogP contribution is -2.22. The van der Waals surface area contributed by atoms with Crippen molar-refractivity contribution < 1.29 is 0 Å². The minimum Gasteiger partial charge on any atom is -0.310 e. The largest absolute Gasteiger partial charge is 0.310 e. The van der Waals surface area contributed by atoms with Gasteiger partial charge in [0.25, 0.3) is 0 Å². The molecule has 0 aromatic heterocycles. The van der Waals surface area contributed by atoms with Gasteiger partial charge in [0.15, 0.2) is 0 Å². The van der Waals surface area contributed by atoms with Crippen LogP contribution in [0.3, 0.4) is 0 Å². The molecule has 0 aliphatic rings. The van der Waals surface area contributed by atoms with Gasteiger partial charge in [-0.1, -0.05) is 69.7 Å². The van der Waals surface area contributed by atoms with Crippen molar-refractivity contribution in [3.63, 3.8) is 0 Å². The second-order valence-corrected chi connectivity index (χ2v) is 5.70. The van der Waals surface area contributed by atoms with Gasteiger partial charge in [-0.3, -0.25) is 0 Å². The van der Waals surface area contributed by atoms with E-state index in [0.29, 0.717) is 6.04 Å². The van der Waals surface area contributed by atoms with E-state index in [9.17, 15) is 0 Å². The first-order valence-corrected chi connectivity index (χ1v) is 8.14. The topological polar surface area (TPSA) is 12.0 Å². The van der Waals surface area contributed by atoms with Crippen LogP contribution in [0.1, 0.15) is 70.4 Å². The predicted molar refractivity (Wildman–Crippen MR) is 85.9 cm³/mol. The first-order valence-electron chi connectivity index (χ1n) is 7.76. The molecule has 0 aliphatic carbocycles. The molecule has 1 atom stereocenters. The van der Waals surface area contributed by atoms with Crippen LogP contribution < -0.4 is 5.32 Å². The summed E-state index contributed by atoms with van der Waals surface area (Å²) in [6.45, 7) is 5.61. The van der Waals surface area contributed by atoms with Crippen molar-refractivity contribution in [3.05, 3.63) is 34.9 Å². The maximum absolute atomic E-state index is 6.10. The first kappa shape index (κ1) is 16.5. The molecule has 0 heterocycles. The minimum absolute atomic E-state index is 0.459. The molecule has 0 saturated heterocycles. The molecule has 108 valence electrons. The third-order valence-electron chi connectivity index (χ3n) is 3.52. The van der Waals surface area contributed by atoms with Gasteiger partial charge in [0, 0.05) is 11.1 Å². The molecule has 0 radical (unpaired) electrons. The van der Waals surface area contributed by atoms with Crippen molar-refractivity contribution >= 4 is 11.6 Å². The fourth-order valence-electron chi connectivity index (χ4n) is 2.35. The molecule has 0 amide bonds. The number of halogens is 1. The van der Waals surface area contributed by atoms with Gasteiger partial charge < -0.3 is 5.32 Å². The Morgan fingerprint density at radius 1 is 1.05 bits per heavy atom. The molecule has 0 fully saturated rings. The van der Waals surface area contributed by atoms with Gasteiger partial charge in [-0.15, -0.1) is 0 Å². The van der Waals surface area contributed by atoms with Gasteiger partial charge in [0.05, 0.1) is 0 Å². The standard InChI is InChI=1S/C17H28ClN/c1-3-5-7-8-13-19-17(12-6-4-2)15-10-9-11-16(18)14-15/h9-11,14,17,19H,3-8,12-13H2,1-2H3. The summed E-state index contributed by atoms with van der Waals surface area (Å²) in [7, 11) is 0. The summed E-state index contributed by atoms with van der Waals surface area (Å²) in [5.74, 6) is 0. The molecule has 1 unspecified atom stereocenters. The van der Waals surface area contributed by atoms with E-state index in [4.69, 9.17) is 11.6 Å². The van der Waals surface area contributed by atoms with E-state index >= 15 is 0 Å². The van der Waals surface area contributed by atoms with Crippen LogP contribution in [0.25, 0.3) is 0 Å². The monoisotopic (exact) mass is 281 g/mol. The molecule has 0 spiro atoms. The summed E-state index contributed by atoms with van der Waals surface area (Å²) in [4.78, 5) is 0. The number of benzene rings is 1. The van der Waals surface area contributed by atoms with Crippen LogP contribution in [0.2, 0.25) is 5.02 Å². The predicted octanol–water partition coefficient (Wildman–Crippen LogP) is 5.74. The van der Waals surface area contributed by atoms with Crippen molar-refractivity contribution in [1.29, 1.82) is 0 Å². The number of hydrogen-bond acceptors (Lipinski definition) is 1. The zero-order valence-corrected chi connectivity index (χ0v) is 13.2. The number of rotatable bonds is 10. The summed E-state index contributed by atoms with van der Waals surface area (Å²) in [5, 5.41) is 4.54. The van der Waals surface area contributed by atoms with Crippen LogP contribution >= 0.6 is 11.6 Å². The second-order valence-electron chi connectivity index (χ2n) is 5.26. The Kier molecular flexibility index (Phi) is 8.94. The smallest absolute Gasteiger partial charge is 0.0409 e. The van der Waals surface area contributed by atoms with E-state index in [-0.39, 0.29) is 0 Å². The van der Waals surface area contributed by atoms with Crippen molar-refractivity contribution in [2.75, 3.05) is 6.54 Å². The lowest BCUT2D eigenvalue weighted by Gasteiger charge is -2.19. The van der Waals surface area contributed by atoms with Gasteiger partial charge in [-0.05, 0) is 37.1 Å². The van der Waals surface area contributed by atoms with E-state index in [1.165, 1.54) is 50.5 Å². The highest BCUT2D eigenvalue weighted by atomic mass is 35.5. The van der Waals surface area contributed by atoms with Crippen LogP contribution in [0.5, 0.6) is 0 Å². The van der Waals surface area contributed by atoms with E-state index in [0.717, 1.165) is 11.6 Å². The zero-order chi connectivity index (χ0) is 13.9. The molecule has 1 aromatic carbocycles. The average molecular weight is 282 g/mol. The molecule has 2 heteroatoms. The summed E-state index contributed by atoms with van der Waals surface area (Å²) in [5.41, 5.74) is 1.33. The Balaban J connectivity index is 2.47. The lowest BCUT2D eigenvalue weighted by atomic mass is 10.0. The third-order valence-corrected chi connectivity index (χ3v) is 3.75. The maximum atomic E-state index is 6.10. The molecular formula is C17H28ClN. The van der Waals surface area contributed by atoms with Crippen LogP contribution in [-0.2, 0) is 0 Å². The lowest BCUT2D eigenvalue weighted by molar-refractivity contribution is 0.468. The molecular weight excluding hydrogens is 254 g/mol. The van der Waals surface area contributed by atoms with Crippen molar-refractivity contribution in [1.82, 2.24) is 5.32 Å². The number of unbranched alkanes of at least 4 members (excludes halogenated alkanes) is 4. The van der Waals surface area contributed by atoms with Crippen molar-refractivity contribution in [2.45, 2.75) is 64.8 Å². The quantitative estimate of drug-likeness (QED) is 0.539. The highest BCUT2D eigenvalue weighted by Gasteiger charge is 2.10. The first-order chi connectivity index (χ1) is 9.27. The summed E-state index contributed by atoms with van der Waals surface area (Å²) < 4.78 is 0. The Labute approximate surface area is 123 Å². The van der Waals surface area contributed by atoms with Crippen LogP contribution in [-0.4, -0.2) is 6.54 Å². The fraction of sp³-hybridized carbons (Fsp3) is 0.647. The summed E-state index contributed by atoms with van der Waals surface area (Å²) in [6, 6.07) is 8.74. The van der Waals surface area contributed by atoms with E-state index in [1.54, 1.807) is 0 Å². The summed E-state index contributed by atoms with van der Waals surface area (Å²) >= 11 is 6.10. The van der Waals surface area contributed by atoms with Crippen molar-refractivity contribution in [2.24, 2.45) is 0 Å². The average Bonchev–Trinajstić information content (AvgIpc) is 2.42. The van der Waals surface area contributed by atoms with Gasteiger partial charge in [0.1, 0.15) is 0 Å². The van der Waals surface area contributed by atoms with E-state index in [1.807, 2.05) is 6.07 Å². The molecule has 0 aliphatic heterocycles. The van der Waals surface area contributed by atoms with E-state index < -0.39 is 0 Å². The molecule has 1 nitrogen and oxygen atoms in total. The second kappa shape index (κ2) is 10.3. The third kappa shape index (κ3) is 6.98. The Morgan fingerprint density at radius 2 is 1.84 bits per heavy atom. The normalized spacial score (nSPS) is 12.6. The fourth-order valence-corrected chi connectivity index (χ4v) is 2.54. The number of nitrogens with one attached hydrogen (secondary N) is 1.